The lowest BCUT2D eigenvalue weighted by atomic mass is 10.2. The van der Waals surface area contributed by atoms with Crippen molar-refractivity contribution < 1.29 is 9.53 Å². The van der Waals surface area contributed by atoms with Crippen molar-refractivity contribution in [1.82, 2.24) is 4.98 Å². The molecule has 0 aliphatic heterocycles. The number of benzene rings is 1. The predicted molar refractivity (Wildman–Crippen MR) is 79.0 cm³/mol. The van der Waals surface area contributed by atoms with Gasteiger partial charge in [0.2, 0.25) is 0 Å². The van der Waals surface area contributed by atoms with Crippen molar-refractivity contribution in [2.24, 2.45) is 0 Å². The summed E-state index contributed by atoms with van der Waals surface area (Å²) in [5.41, 5.74) is 7.55. The Hall–Kier alpha value is -1.78. The molecule has 0 amide bonds. The van der Waals surface area contributed by atoms with Crippen molar-refractivity contribution in [1.29, 1.82) is 0 Å². The number of anilines is 1. The van der Waals surface area contributed by atoms with Crippen LogP contribution in [0, 0.1) is 6.92 Å². The average Bonchev–Trinajstić information content (AvgIpc) is 2.43. The summed E-state index contributed by atoms with van der Waals surface area (Å²) in [6, 6.07) is 6.68. The monoisotopic (exact) mass is 310 g/mol. The lowest BCUT2D eigenvalue weighted by molar-refractivity contribution is 0.0471. The standard InChI is InChI=1S/C14H12Cl2N2O2/c1-8-11(5-10(17)6-18-8)14(19)20-7-9-3-2-4-12(15)13(9)16/h2-6H,7,17H2,1H3. The maximum atomic E-state index is 12.0. The van der Waals surface area contributed by atoms with Crippen LogP contribution in [0.25, 0.3) is 0 Å². The molecule has 104 valence electrons. The zero-order chi connectivity index (χ0) is 14.7. The van der Waals surface area contributed by atoms with Gasteiger partial charge in [0.15, 0.2) is 0 Å². The highest BCUT2D eigenvalue weighted by Crippen LogP contribution is 2.26. The number of nitrogens with two attached hydrogens (primary N) is 1. The van der Waals surface area contributed by atoms with Crippen LogP contribution in [0.1, 0.15) is 21.6 Å². The first-order valence-electron chi connectivity index (χ1n) is 5.81. The fraction of sp³-hybridized carbons (Fsp3) is 0.143. The molecule has 20 heavy (non-hydrogen) atoms. The summed E-state index contributed by atoms with van der Waals surface area (Å²) in [6.45, 7) is 1.74. The van der Waals surface area contributed by atoms with Crippen molar-refractivity contribution in [3.05, 3.63) is 57.3 Å². The number of hydrogen-bond acceptors (Lipinski definition) is 4. The molecule has 4 nitrogen and oxygen atoms in total. The Kier molecular flexibility index (Phi) is 4.47. The molecule has 1 aromatic carbocycles. The van der Waals surface area contributed by atoms with Crippen LogP contribution in [0.15, 0.2) is 30.5 Å². The van der Waals surface area contributed by atoms with Crippen LogP contribution in [0.5, 0.6) is 0 Å². The second-order valence-corrected chi connectivity index (χ2v) is 4.98. The Balaban J connectivity index is 2.13. The number of aryl methyl sites for hydroxylation is 1. The Morgan fingerprint density at radius 2 is 2.15 bits per heavy atom. The van der Waals surface area contributed by atoms with E-state index in [1.807, 2.05) is 0 Å². The van der Waals surface area contributed by atoms with E-state index in [9.17, 15) is 4.79 Å². The van der Waals surface area contributed by atoms with E-state index in [-0.39, 0.29) is 6.61 Å². The first-order chi connectivity index (χ1) is 9.49. The van der Waals surface area contributed by atoms with E-state index in [4.69, 9.17) is 33.7 Å². The molecule has 0 unspecified atom stereocenters. The summed E-state index contributed by atoms with van der Waals surface area (Å²) in [7, 11) is 0. The molecule has 0 atom stereocenters. The SMILES string of the molecule is Cc1ncc(N)cc1C(=O)OCc1cccc(Cl)c1Cl. The van der Waals surface area contributed by atoms with E-state index in [0.29, 0.717) is 32.6 Å². The van der Waals surface area contributed by atoms with Gasteiger partial charge < -0.3 is 10.5 Å². The number of halogens is 2. The van der Waals surface area contributed by atoms with E-state index in [1.165, 1.54) is 12.3 Å². The molecule has 2 rings (SSSR count). The molecule has 1 heterocycles. The zero-order valence-electron chi connectivity index (χ0n) is 10.7. The molecule has 1 aromatic heterocycles. The van der Waals surface area contributed by atoms with Gasteiger partial charge >= 0.3 is 5.97 Å². The summed E-state index contributed by atoms with van der Waals surface area (Å²) < 4.78 is 5.21. The lowest BCUT2D eigenvalue weighted by Crippen LogP contribution is -2.09. The van der Waals surface area contributed by atoms with E-state index in [0.717, 1.165) is 0 Å². The molecule has 0 saturated heterocycles. The van der Waals surface area contributed by atoms with Crippen molar-refractivity contribution in [2.75, 3.05) is 5.73 Å². The number of carbonyl (C=O) groups excluding carboxylic acids is 1. The normalized spacial score (nSPS) is 10.3. The molecule has 6 heteroatoms. The van der Waals surface area contributed by atoms with Crippen LogP contribution in [-0.4, -0.2) is 11.0 Å². The number of esters is 1. The van der Waals surface area contributed by atoms with Crippen LogP contribution in [0.2, 0.25) is 10.0 Å². The minimum Gasteiger partial charge on any atom is -0.457 e. The third-order valence-corrected chi connectivity index (χ3v) is 3.58. The third-order valence-electron chi connectivity index (χ3n) is 2.72. The molecule has 0 aliphatic carbocycles. The van der Waals surface area contributed by atoms with Crippen LogP contribution < -0.4 is 5.73 Å². The maximum absolute atomic E-state index is 12.0. The van der Waals surface area contributed by atoms with Gasteiger partial charge in [-0.05, 0) is 19.1 Å². The Bertz CT molecular complexity index is 660. The van der Waals surface area contributed by atoms with Gasteiger partial charge in [0.25, 0.3) is 0 Å². The van der Waals surface area contributed by atoms with E-state index in [1.54, 1.807) is 25.1 Å². The molecule has 2 N–H and O–H groups in total. The van der Waals surface area contributed by atoms with Gasteiger partial charge in [0.1, 0.15) is 6.61 Å². The molecule has 0 fully saturated rings. The molecule has 0 aliphatic rings. The second-order valence-electron chi connectivity index (χ2n) is 4.19. The predicted octanol–water partition coefficient (Wildman–Crippen LogP) is 3.64. The number of aromatic nitrogens is 1. The summed E-state index contributed by atoms with van der Waals surface area (Å²) in [5, 5.41) is 0.798. The number of nitrogen functional groups attached to an aromatic ring is 1. The van der Waals surface area contributed by atoms with E-state index in [2.05, 4.69) is 4.98 Å². The van der Waals surface area contributed by atoms with Crippen molar-refractivity contribution in [2.45, 2.75) is 13.5 Å². The molecular formula is C14H12Cl2N2O2. The highest BCUT2D eigenvalue weighted by molar-refractivity contribution is 6.42. The van der Waals surface area contributed by atoms with Gasteiger partial charge in [-0.25, -0.2) is 4.79 Å². The number of nitrogens with zero attached hydrogens (tertiary/aromatic N) is 1. The van der Waals surface area contributed by atoms with Crippen LogP contribution in [-0.2, 0) is 11.3 Å². The first-order valence-corrected chi connectivity index (χ1v) is 6.56. The Morgan fingerprint density at radius 3 is 2.90 bits per heavy atom. The quantitative estimate of drug-likeness (QED) is 0.879. The van der Waals surface area contributed by atoms with Gasteiger partial charge in [0.05, 0.1) is 33.2 Å². The second kappa shape index (κ2) is 6.11. The number of pyridine rings is 1. The summed E-state index contributed by atoms with van der Waals surface area (Å²) in [4.78, 5) is 16.0. The minimum absolute atomic E-state index is 0.0342. The van der Waals surface area contributed by atoms with Crippen LogP contribution in [0.4, 0.5) is 5.69 Å². The fourth-order valence-electron chi connectivity index (χ4n) is 1.64. The van der Waals surface area contributed by atoms with Gasteiger partial charge in [0, 0.05) is 5.56 Å². The Morgan fingerprint density at radius 1 is 1.40 bits per heavy atom. The van der Waals surface area contributed by atoms with Crippen LogP contribution in [0.3, 0.4) is 0 Å². The number of rotatable bonds is 3. The fourth-order valence-corrected chi connectivity index (χ4v) is 2.01. The highest BCUT2D eigenvalue weighted by Gasteiger charge is 2.13. The van der Waals surface area contributed by atoms with E-state index < -0.39 is 5.97 Å². The Labute approximate surface area is 126 Å². The lowest BCUT2D eigenvalue weighted by Gasteiger charge is -2.09. The molecule has 0 bridgehead atoms. The number of carbonyl (C=O) groups is 1. The summed E-state index contributed by atoms with van der Waals surface area (Å²) in [6.07, 6.45) is 1.49. The first kappa shape index (κ1) is 14.6. The summed E-state index contributed by atoms with van der Waals surface area (Å²) >= 11 is 11.9. The maximum Gasteiger partial charge on any atom is 0.340 e. The van der Waals surface area contributed by atoms with Crippen LogP contribution >= 0.6 is 23.2 Å². The van der Waals surface area contributed by atoms with E-state index >= 15 is 0 Å². The van der Waals surface area contributed by atoms with Gasteiger partial charge in [-0.15, -0.1) is 0 Å². The van der Waals surface area contributed by atoms with Gasteiger partial charge in [-0.3, -0.25) is 4.98 Å². The van der Waals surface area contributed by atoms with Crippen molar-refractivity contribution >= 4 is 34.9 Å². The summed E-state index contributed by atoms with van der Waals surface area (Å²) in [5.74, 6) is -0.502. The smallest absolute Gasteiger partial charge is 0.340 e. The highest BCUT2D eigenvalue weighted by atomic mass is 35.5. The minimum atomic E-state index is -0.502. The van der Waals surface area contributed by atoms with Gasteiger partial charge in [-0.1, -0.05) is 35.3 Å². The number of ether oxygens (including phenoxy) is 1. The van der Waals surface area contributed by atoms with Crippen molar-refractivity contribution in [3.63, 3.8) is 0 Å². The molecule has 2 aromatic rings. The third kappa shape index (κ3) is 3.21. The molecule has 0 spiro atoms. The van der Waals surface area contributed by atoms with Crippen molar-refractivity contribution in [3.8, 4) is 0 Å². The zero-order valence-corrected chi connectivity index (χ0v) is 12.2. The average molecular weight is 311 g/mol. The topological polar surface area (TPSA) is 65.2 Å². The largest absolute Gasteiger partial charge is 0.457 e. The number of hydrogen-bond donors (Lipinski definition) is 1. The molecule has 0 saturated carbocycles. The molecular weight excluding hydrogens is 299 g/mol. The van der Waals surface area contributed by atoms with Gasteiger partial charge in [-0.2, -0.15) is 0 Å². The molecule has 0 radical (unpaired) electrons.